The summed E-state index contributed by atoms with van der Waals surface area (Å²) in [6.45, 7) is 0. The first kappa shape index (κ1) is 31.7. The normalized spacial score (nSPS) is 12.1. The molecule has 3 nitrogen and oxygen atoms in total. The minimum absolute atomic E-state index is 0.880. The Balaban J connectivity index is 1.20. The van der Waals surface area contributed by atoms with Gasteiger partial charge in [0.25, 0.3) is 0 Å². The highest BCUT2D eigenvalue weighted by Gasteiger charge is 2.29. The van der Waals surface area contributed by atoms with Gasteiger partial charge in [-0.05, 0) is 86.5 Å². The van der Waals surface area contributed by atoms with E-state index in [1.807, 2.05) is 6.07 Å². The van der Waals surface area contributed by atoms with Crippen LogP contribution in [0.3, 0.4) is 0 Å². The Labute approximate surface area is 328 Å². The predicted octanol–water partition coefficient (Wildman–Crippen LogP) is 13.4. The van der Waals surface area contributed by atoms with Crippen LogP contribution in [0, 0.1) is 10.4 Å². The Morgan fingerprint density at radius 3 is 1.75 bits per heavy atom. The predicted molar refractivity (Wildman–Crippen MR) is 232 cm³/mol. The van der Waals surface area contributed by atoms with Crippen molar-refractivity contribution in [2.45, 2.75) is 0 Å². The van der Waals surface area contributed by atoms with Crippen LogP contribution in [0.1, 0.15) is 0 Å². The second-order valence-corrected chi connectivity index (χ2v) is 14.8. The molecule has 0 atom stereocenters. The molecule has 10 aromatic rings. The van der Waals surface area contributed by atoms with E-state index in [1.54, 1.807) is 0 Å². The first-order valence-electron chi connectivity index (χ1n) is 19.4. The molecule has 0 radical (unpaired) electrons. The Morgan fingerprint density at radius 1 is 0.316 bits per heavy atom. The summed E-state index contributed by atoms with van der Waals surface area (Å²) in [4.78, 5) is 10.6. The van der Waals surface area contributed by atoms with Crippen molar-refractivity contribution in [3.05, 3.63) is 215 Å². The Morgan fingerprint density at radius 2 is 0.930 bits per heavy atom. The molecule has 0 bridgehead atoms. The number of rotatable bonds is 5. The van der Waals surface area contributed by atoms with Gasteiger partial charge >= 0.3 is 0 Å². The van der Waals surface area contributed by atoms with Crippen LogP contribution in [0.2, 0.25) is 0 Å². The molecule has 3 heteroatoms. The molecule has 12 rings (SSSR count). The van der Waals surface area contributed by atoms with Crippen LogP contribution in [0.4, 0.5) is 11.4 Å². The highest BCUT2D eigenvalue weighted by atomic mass is 16.3. The zero-order chi connectivity index (χ0) is 37.5. The number of hydrogen-bond acceptors (Lipinski definition) is 3. The van der Waals surface area contributed by atoms with Crippen molar-refractivity contribution in [2.24, 2.45) is 9.98 Å². The lowest BCUT2D eigenvalue weighted by molar-refractivity contribution is 0.669. The second-order valence-electron chi connectivity index (χ2n) is 14.8. The molecule has 1 aromatic heterocycles. The fourth-order valence-electron chi connectivity index (χ4n) is 9.22. The fraction of sp³-hybridized carbons (Fsp3) is 0. The van der Waals surface area contributed by atoms with Gasteiger partial charge in [0.2, 0.25) is 0 Å². The number of furan rings is 1. The van der Waals surface area contributed by atoms with Crippen LogP contribution in [0.25, 0.3) is 88.7 Å². The Bertz CT molecular complexity index is 3530. The molecule has 9 aromatic carbocycles. The van der Waals surface area contributed by atoms with Crippen molar-refractivity contribution < 1.29 is 4.42 Å². The molecule has 0 spiro atoms. The zero-order valence-corrected chi connectivity index (χ0v) is 30.8. The van der Waals surface area contributed by atoms with Crippen molar-refractivity contribution in [1.29, 1.82) is 0 Å². The summed E-state index contributed by atoms with van der Waals surface area (Å²) in [5.41, 5.74) is 17.5. The van der Waals surface area contributed by atoms with E-state index in [9.17, 15) is 0 Å². The molecule has 57 heavy (non-hydrogen) atoms. The molecule has 0 saturated heterocycles. The summed E-state index contributed by atoms with van der Waals surface area (Å²) in [5.74, 6) is 0. The van der Waals surface area contributed by atoms with E-state index in [4.69, 9.17) is 14.4 Å². The summed E-state index contributed by atoms with van der Waals surface area (Å²) >= 11 is 0. The molecule has 2 aliphatic rings. The standard InChI is InChI=1S/C54H32N2O/c1-2-15-33(16-3-1)34-17-4-5-18-35(34)36-19-8-9-23-41(36)51-42(29-31-46-52(51)53-47(55-46)32-30-43-39-22-10-12-26-45(39)56-54(43)53)38-21-7-6-20-37(38)40-25-14-28-49-50(40)44-24-11-13-27-48(44)57-49/h1-32H. The average Bonchev–Trinajstić information content (AvgIpc) is 3.98. The molecular weight excluding hydrogens is 693 g/mol. The van der Waals surface area contributed by atoms with Crippen LogP contribution in [0.15, 0.2) is 209 Å². The number of nitrogens with zero attached hydrogens (tertiary/aromatic N) is 2. The van der Waals surface area contributed by atoms with Crippen LogP contribution >= 0.6 is 0 Å². The van der Waals surface area contributed by atoms with Gasteiger partial charge in [0.05, 0.1) is 22.1 Å². The van der Waals surface area contributed by atoms with Gasteiger partial charge in [0.15, 0.2) is 0 Å². The van der Waals surface area contributed by atoms with Gasteiger partial charge in [0.1, 0.15) is 11.2 Å². The largest absolute Gasteiger partial charge is 0.456 e. The highest BCUT2D eigenvalue weighted by Crippen LogP contribution is 2.53. The fourth-order valence-corrected chi connectivity index (χ4v) is 9.22. The van der Waals surface area contributed by atoms with E-state index in [0.29, 0.717) is 0 Å². The lowest BCUT2D eigenvalue weighted by Crippen LogP contribution is -2.02. The van der Waals surface area contributed by atoms with Crippen molar-refractivity contribution in [2.75, 3.05) is 0 Å². The topological polar surface area (TPSA) is 37.9 Å². The van der Waals surface area contributed by atoms with E-state index in [1.165, 1.54) is 16.7 Å². The van der Waals surface area contributed by atoms with Gasteiger partial charge in [-0.2, -0.15) is 0 Å². The van der Waals surface area contributed by atoms with Crippen LogP contribution in [0.5, 0.6) is 0 Å². The molecule has 0 unspecified atom stereocenters. The molecule has 2 aliphatic heterocycles. The maximum Gasteiger partial charge on any atom is 0.136 e. The van der Waals surface area contributed by atoms with Crippen LogP contribution in [-0.4, -0.2) is 0 Å². The SMILES string of the molecule is c1ccc(-c2ccccc2-c2ccccc2-c2c(-c3ccccc3-c3cccc4oc5ccccc5c34)ccc3c2-c2c4c(ccc2=N3)=c2ccccc2=N4)cc1. The molecule has 264 valence electrons. The van der Waals surface area contributed by atoms with Gasteiger partial charge in [-0.15, -0.1) is 0 Å². The molecule has 0 amide bonds. The van der Waals surface area contributed by atoms with E-state index in [2.05, 4.69) is 188 Å². The third-order valence-electron chi connectivity index (χ3n) is 11.7. The van der Waals surface area contributed by atoms with Crippen molar-refractivity contribution in [3.8, 4) is 66.8 Å². The quantitative estimate of drug-likeness (QED) is 0.174. The lowest BCUT2D eigenvalue weighted by atomic mass is 9.81. The van der Waals surface area contributed by atoms with E-state index >= 15 is 0 Å². The maximum absolute atomic E-state index is 6.41. The first-order chi connectivity index (χ1) is 28.3. The van der Waals surface area contributed by atoms with Crippen molar-refractivity contribution >= 4 is 33.3 Å². The summed E-state index contributed by atoms with van der Waals surface area (Å²) < 4.78 is 6.41. The second kappa shape index (κ2) is 12.5. The van der Waals surface area contributed by atoms with Crippen molar-refractivity contribution in [3.63, 3.8) is 0 Å². The Hall–Kier alpha value is -7.62. The monoisotopic (exact) mass is 724 g/mol. The van der Waals surface area contributed by atoms with Gasteiger partial charge in [0, 0.05) is 37.9 Å². The molecule has 0 aliphatic carbocycles. The highest BCUT2D eigenvalue weighted by molar-refractivity contribution is 6.15. The minimum Gasteiger partial charge on any atom is -0.456 e. The van der Waals surface area contributed by atoms with E-state index in [-0.39, 0.29) is 0 Å². The third kappa shape index (κ3) is 4.79. The first-order valence-corrected chi connectivity index (χ1v) is 19.4. The maximum atomic E-state index is 6.41. The summed E-state index contributed by atoms with van der Waals surface area (Å²) in [7, 11) is 0. The van der Waals surface area contributed by atoms with Gasteiger partial charge < -0.3 is 4.42 Å². The van der Waals surface area contributed by atoms with E-state index < -0.39 is 0 Å². The molecule has 0 N–H and O–H groups in total. The van der Waals surface area contributed by atoms with Gasteiger partial charge in [-0.1, -0.05) is 158 Å². The van der Waals surface area contributed by atoms with Gasteiger partial charge in [-0.25, -0.2) is 9.98 Å². The molecule has 3 heterocycles. The number of hydrogen-bond donors (Lipinski definition) is 0. The summed E-state index contributed by atoms with van der Waals surface area (Å²) in [5, 5.41) is 6.48. The van der Waals surface area contributed by atoms with Crippen molar-refractivity contribution in [1.82, 2.24) is 0 Å². The van der Waals surface area contributed by atoms with Gasteiger partial charge in [-0.3, -0.25) is 0 Å². The minimum atomic E-state index is 0.880. The number of fused-ring (bicyclic) bond motifs is 9. The molecule has 0 saturated carbocycles. The number of para-hydroxylation sites is 2. The molecular formula is C54H32N2O. The Kier molecular flexibility index (Phi) is 6.93. The summed E-state index contributed by atoms with van der Waals surface area (Å²) in [6, 6.07) is 69.2. The smallest absolute Gasteiger partial charge is 0.136 e. The summed E-state index contributed by atoms with van der Waals surface area (Å²) in [6.07, 6.45) is 0. The zero-order valence-electron chi connectivity index (χ0n) is 30.8. The van der Waals surface area contributed by atoms with Crippen LogP contribution in [-0.2, 0) is 0 Å². The number of benzene rings is 9. The van der Waals surface area contributed by atoms with E-state index in [0.717, 1.165) is 105 Å². The van der Waals surface area contributed by atoms with Crippen LogP contribution < -0.4 is 10.7 Å². The average molecular weight is 725 g/mol. The molecule has 0 fully saturated rings. The third-order valence-corrected chi connectivity index (χ3v) is 11.7. The lowest BCUT2D eigenvalue weighted by Gasteiger charge is -2.22.